The fraction of sp³-hybridized carbons (Fsp3) is 0.571. The molecular weight excluding hydrogens is 226 g/mol. The number of nitrogens with one attached hydrogen (secondary N) is 2. The number of pyridine rings is 1. The zero-order valence-corrected chi connectivity index (χ0v) is 11.1. The van der Waals surface area contributed by atoms with Crippen molar-refractivity contribution >= 4 is 5.91 Å². The zero-order chi connectivity index (χ0) is 13.0. The molecule has 1 saturated heterocycles. The average molecular weight is 247 g/mol. The molecule has 1 aliphatic heterocycles. The monoisotopic (exact) mass is 247 g/mol. The second-order valence-electron chi connectivity index (χ2n) is 5.28. The Balaban J connectivity index is 1.98. The number of hydrogen-bond donors (Lipinski definition) is 2. The molecule has 4 nitrogen and oxygen atoms in total. The first-order chi connectivity index (χ1) is 8.65. The van der Waals surface area contributed by atoms with Gasteiger partial charge in [0.1, 0.15) is 0 Å². The van der Waals surface area contributed by atoms with E-state index in [0.29, 0.717) is 12.5 Å². The van der Waals surface area contributed by atoms with Crippen LogP contribution in [0.5, 0.6) is 0 Å². The van der Waals surface area contributed by atoms with Crippen molar-refractivity contribution in [3.63, 3.8) is 0 Å². The van der Waals surface area contributed by atoms with Gasteiger partial charge in [0.2, 0.25) is 5.91 Å². The smallest absolute Gasteiger partial charge is 0.228 e. The predicted octanol–water partition coefficient (Wildman–Crippen LogP) is 1.33. The average Bonchev–Trinajstić information content (AvgIpc) is 2.88. The van der Waals surface area contributed by atoms with Crippen molar-refractivity contribution in [2.75, 3.05) is 13.1 Å². The summed E-state index contributed by atoms with van der Waals surface area (Å²) >= 11 is 0. The summed E-state index contributed by atoms with van der Waals surface area (Å²) in [4.78, 5) is 16.4. The lowest BCUT2D eigenvalue weighted by Gasteiger charge is -2.31. The molecule has 1 atom stereocenters. The highest BCUT2D eigenvalue weighted by molar-refractivity contribution is 5.83. The van der Waals surface area contributed by atoms with Gasteiger partial charge in [-0.15, -0.1) is 0 Å². The molecule has 0 aliphatic carbocycles. The van der Waals surface area contributed by atoms with Crippen molar-refractivity contribution in [1.29, 1.82) is 0 Å². The number of hydrogen-bond acceptors (Lipinski definition) is 3. The lowest BCUT2D eigenvalue weighted by atomic mass is 9.75. The molecule has 2 heterocycles. The lowest BCUT2D eigenvalue weighted by molar-refractivity contribution is -0.132. The maximum absolute atomic E-state index is 12.4. The van der Waals surface area contributed by atoms with Crippen molar-refractivity contribution < 1.29 is 4.79 Å². The van der Waals surface area contributed by atoms with Crippen LogP contribution < -0.4 is 10.6 Å². The number of rotatable bonds is 4. The van der Waals surface area contributed by atoms with Gasteiger partial charge < -0.3 is 10.6 Å². The molecule has 1 aromatic rings. The summed E-state index contributed by atoms with van der Waals surface area (Å²) in [7, 11) is 0. The summed E-state index contributed by atoms with van der Waals surface area (Å²) in [5.74, 6) is 0.518. The van der Waals surface area contributed by atoms with Gasteiger partial charge in [-0.3, -0.25) is 9.78 Å². The van der Waals surface area contributed by atoms with Crippen molar-refractivity contribution in [2.45, 2.75) is 26.8 Å². The van der Waals surface area contributed by atoms with E-state index in [1.807, 2.05) is 12.1 Å². The molecule has 0 spiro atoms. The maximum Gasteiger partial charge on any atom is 0.228 e. The molecule has 1 fully saturated rings. The summed E-state index contributed by atoms with van der Waals surface area (Å²) in [6.07, 6.45) is 4.42. The summed E-state index contributed by atoms with van der Waals surface area (Å²) < 4.78 is 0. The Morgan fingerprint density at radius 3 is 2.78 bits per heavy atom. The molecule has 1 aromatic heterocycles. The molecule has 2 rings (SSSR count). The van der Waals surface area contributed by atoms with Crippen LogP contribution in [0.3, 0.4) is 0 Å². The van der Waals surface area contributed by atoms with Gasteiger partial charge in [0.15, 0.2) is 0 Å². The number of amides is 1. The Bertz CT molecular complexity index is 397. The second-order valence-corrected chi connectivity index (χ2v) is 5.28. The third-order valence-electron chi connectivity index (χ3n) is 3.95. The Labute approximate surface area is 108 Å². The van der Waals surface area contributed by atoms with Crippen LogP contribution in [0.4, 0.5) is 0 Å². The lowest BCUT2D eigenvalue weighted by Crippen LogP contribution is -2.45. The third kappa shape index (κ3) is 2.53. The van der Waals surface area contributed by atoms with Gasteiger partial charge in [-0.25, -0.2) is 0 Å². The van der Waals surface area contributed by atoms with Gasteiger partial charge in [-0.05, 0) is 36.6 Å². The van der Waals surface area contributed by atoms with Crippen LogP contribution in [0, 0.1) is 11.3 Å². The topological polar surface area (TPSA) is 54.0 Å². The summed E-state index contributed by atoms with van der Waals surface area (Å²) in [6, 6.07) is 3.85. The normalized spacial score (nSPS) is 23.3. The zero-order valence-electron chi connectivity index (χ0n) is 11.1. The minimum atomic E-state index is -0.243. The molecule has 0 aromatic carbocycles. The molecular formula is C14H21N3O. The first-order valence-corrected chi connectivity index (χ1v) is 6.53. The molecule has 18 heavy (non-hydrogen) atoms. The van der Waals surface area contributed by atoms with E-state index >= 15 is 0 Å². The molecule has 1 aliphatic rings. The van der Waals surface area contributed by atoms with E-state index in [-0.39, 0.29) is 11.3 Å². The quantitative estimate of drug-likeness (QED) is 0.844. The van der Waals surface area contributed by atoms with E-state index in [2.05, 4.69) is 29.5 Å². The van der Waals surface area contributed by atoms with Crippen LogP contribution >= 0.6 is 0 Å². The molecule has 1 amide bonds. The van der Waals surface area contributed by atoms with E-state index < -0.39 is 0 Å². The highest BCUT2D eigenvalue weighted by Gasteiger charge is 2.43. The molecule has 2 N–H and O–H groups in total. The number of aromatic nitrogens is 1. The van der Waals surface area contributed by atoms with Gasteiger partial charge in [0.05, 0.1) is 5.41 Å². The van der Waals surface area contributed by atoms with Crippen molar-refractivity contribution in [3.8, 4) is 0 Å². The molecule has 0 bridgehead atoms. The van der Waals surface area contributed by atoms with Gasteiger partial charge in [-0.2, -0.15) is 0 Å². The van der Waals surface area contributed by atoms with Crippen LogP contribution in [0.2, 0.25) is 0 Å². The fourth-order valence-electron chi connectivity index (χ4n) is 2.52. The SMILES string of the molecule is CC(C)C1(C(=O)NCc2ccncc2)CCNC1. The molecule has 98 valence electrons. The first-order valence-electron chi connectivity index (χ1n) is 6.53. The van der Waals surface area contributed by atoms with Crippen molar-refractivity contribution in [2.24, 2.45) is 11.3 Å². The van der Waals surface area contributed by atoms with E-state index in [0.717, 1.165) is 25.1 Å². The fourth-order valence-corrected chi connectivity index (χ4v) is 2.52. The van der Waals surface area contributed by atoms with E-state index in [1.54, 1.807) is 12.4 Å². The van der Waals surface area contributed by atoms with Crippen molar-refractivity contribution in [3.05, 3.63) is 30.1 Å². The molecule has 1 unspecified atom stereocenters. The number of carbonyl (C=O) groups is 1. The molecule has 0 saturated carbocycles. The highest BCUT2D eigenvalue weighted by atomic mass is 16.2. The van der Waals surface area contributed by atoms with Crippen LogP contribution in [0.15, 0.2) is 24.5 Å². The Morgan fingerprint density at radius 1 is 1.50 bits per heavy atom. The van der Waals surface area contributed by atoms with E-state index in [1.165, 1.54) is 0 Å². The summed E-state index contributed by atoms with van der Waals surface area (Å²) in [5, 5.41) is 6.36. The Kier molecular flexibility index (Phi) is 3.97. The van der Waals surface area contributed by atoms with Crippen LogP contribution in [0.1, 0.15) is 25.8 Å². The Morgan fingerprint density at radius 2 is 2.22 bits per heavy atom. The minimum Gasteiger partial charge on any atom is -0.351 e. The first kappa shape index (κ1) is 13.0. The maximum atomic E-state index is 12.4. The summed E-state index contributed by atoms with van der Waals surface area (Å²) in [6.45, 7) is 6.54. The van der Waals surface area contributed by atoms with Crippen LogP contribution in [-0.2, 0) is 11.3 Å². The predicted molar refractivity (Wildman–Crippen MR) is 70.8 cm³/mol. The third-order valence-corrected chi connectivity index (χ3v) is 3.95. The Hall–Kier alpha value is -1.42. The highest BCUT2D eigenvalue weighted by Crippen LogP contribution is 2.34. The minimum absolute atomic E-state index is 0.166. The number of carbonyl (C=O) groups excluding carboxylic acids is 1. The van der Waals surface area contributed by atoms with Gasteiger partial charge in [0, 0.05) is 25.5 Å². The van der Waals surface area contributed by atoms with Gasteiger partial charge >= 0.3 is 0 Å². The standard InChI is InChI=1S/C14H21N3O/c1-11(2)14(5-8-16-10-14)13(18)17-9-12-3-6-15-7-4-12/h3-4,6-7,11,16H,5,8-10H2,1-2H3,(H,17,18). The van der Waals surface area contributed by atoms with E-state index in [4.69, 9.17) is 0 Å². The van der Waals surface area contributed by atoms with Crippen LogP contribution in [0.25, 0.3) is 0 Å². The van der Waals surface area contributed by atoms with Gasteiger partial charge in [0.25, 0.3) is 0 Å². The van der Waals surface area contributed by atoms with Gasteiger partial charge in [-0.1, -0.05) is 13.8 Å². The van der Waals surface area contributed by atoms with Crippen LogP contribution in [-0.4, -0.2) is 24.0 Å². The second kappa shape index (κ2) is 5.48. The molecule has 4 heteroatoms. The van der Waals surface area contributed by atoms with E-state index in [9.17, 15) is 4.79 Å². The number of nitrogens with zero attached hydrogens (tertiary/aromatic N) is 1. The summed E-state index contributed by atoms with van der Waals surface area (Å²) in [5.41, 5.74) is 0.843. The van der Waals surface area contributed by atoms with Crippen molar-refractivity contribution in [1.82, 2.24) is 15.6 Å². The molecule has 0 radical (unpaired) electrons. The largest absolute Gasteiger partial charge is 0.351 e.